The Balaban J connectivity index is 1.40. The molecular formula is C40H52N4O7. The van der Waals surface area contributed by atoms with Crippen molar-refractivity contribution in [2.45, 2.75) is 70.7 Å². The van der Waals surface area contributed by atoms with E-state index in [0.29, 0.717) is 51.3 Å². The summed E-state index contributed by atoms with van der Waals surface area (Å²) in [7, 11) is 1.59. The van der Waals surface area contributed by atoms with Crippen LogP contribution in [0.3, 0.4) is 0 Å². The summed E-state index contributed by atoms with van der Waals surface area (Å²) in [6, 6.07) is 24.4. The molecule has 0 aliphatic carbocycles. The minimum Gasteiger partial charge on any atom is -0.497 e. The number of nitrogens with zero attached hydrogens (tertiary/aromatic N) is 1. The van der Waals surface area contributed by atoms with Crippen LogP contribution in [0.1, 0.15) is 62.3 Å². The highest BCUT2D eigenvalue weighted by Gasteiger charge is 2.27. The van der Waals surface area contributed by atoms with Gasteiger partial charge < -0.3 is 30.2 Å². The number of aryl methyl sites for hydroxylation is 1. The monoisotopic (exact) mass is 700 g/mol. The van der Waals surface area contributed by atoms with E-state index >= 15 is 0 Å². The van der Waals surface area contributed by atoms with Gasteiger partial charge in [-0.05, 0) is 60.4 Å². The molecule has 274 valence electrons. The lowest BCUT2D eigenvalue weighted by atomic mass is 9.99. The number of hydrogen-bond acceptors (Lipinski definition) is 8. The summed E-state index contributed by atoms with van der Waals surface area (Å²) >= 11 is 0. The number of carbonyl (C=O) groups excluding carboxylic acids is 4. The van der Waals surface area contributed by atoms with Crippen LogP contribution in [0.5, 0.6) is 5.75 Å². The maximum Gasteiger partial charge on any atom is 0.328 e. The SMILES string of the molecule is COc1ccc(COC(=O)[C@H](CC(C)C)NC(=O)CCC(NC(=O)[C@H](CCc2ccccc2)NC(=O)CN2CCOCC2)c2ccccc2)cc1. The molecule has 1 fully saturated rings. The molecule has 0 saturated carbocycles. The Kier molecular flexibility index (Phi) is 15.9. The van der Waals surface area contributed by atoms with Crippen molar-refractivity contribution < 1.29 is 33.4 Å². The van der Waals surface area contributed by atoms with Crippen molar-refractivity contribution in [1.29, 1.82) is 0 Å². The molecule has 4 rings (SSSR count). The number of nitrogens with one attached hydrogen (secondary N) is 3. The van der Waals surface area contributed by atoms with Gasteiger partial charge in [0.25, 0.3) is 0 Å². The Labute approximate surface area is 301 Å². The number of rotatable bonds is 19. The highest BCUT2D eigenvalue weighted by molar-refractivity contribution is 5.89. The molecule has 1 saturated heterocycles. The second-order valence-electron chi connectivity index (χ2n) is 13.2. The van der Waals surface area contributed by atoms with Crippen LogP contribution in [0.25, 0.3) is 0 Å². The van der Waals surface area contributed by atoms with E-state index in [1.165, 1.54) is 0 Å². The number of methoxy groups -OCH3 is 1. The van der Waals surface area contributed by atoms with Gasteiger partial charge in [-0.3, -0.25) is 19.3 Å². The third kappa shape index (κ3) is 13.8. The molecule has 3 atom stereocenters. The minimum absolute atomic E-state index is 0.0538. The molecule has 0 aromatic heterocycles. The zero-order valence-corrected chi connectivity index (χ0v) is 30.0. The Morgan fingerprint density at radius 2 is 1.41 bits per heavy atom. The second kappa shape index (κ2) is 20.8. The van der Waals surface area contributed by atoms with Crippen LogP contribution >= 0.6 is 0 Å². The van der Waals surface area contributed by atoms with Gasteiger partial charge in [0.2, 0.25) is 17.7 Å². The van der Waals surface area contributed by atoms with Crippen molar-refractivity contribution in [2.24, 2.45) is 5.92 Å². The summed E-state index contributed by atoms with van der Waals surface area (Å²) in [5, 5.41) is 8.97. The molecule has 0 spiro atoms. The topological polar surface area (TPSA) is 135 Å². The summed E-state index contributed by atoms with van der Waals surface area (Å²) < 4.78 is 16.2. The zero-order chi connectivity index (χ0) is 36.4. The van der Waals surface area contributed by atoms with Gasteiger partial charge in [0.1, 0.15) is 24.4 Å². The summed E-state index contributed by atoms with van der Waals surface area (Å²) in [4.78, 5) is 55.5. The lowest BCUT2D eigenvalue weighted by Crippen LogP contribution is -2.51. The fraction of sp³-hybridized carbons (Fsp3) is 0.450. The average Bonchev–Trinajstić information content (AvgIpc) is 3.14. The summed E-state index contributed by atoms with van der Waals surface area (Å²) in [6.07, 6.45) is 1.75. The number of ether oxygens (including phenoxy) is 3. The van der Waals surface area contributed by atoms with E-state index < -0.39 is 24.1 Å². The lowest BCUT2D eigenvalue weighted by molar-refractivity contribution is -0.149. The van der Waals surface area contributed by atoms with Crippen LogP contribution in [0, 0.1) is 5.92 Å². The van der Waals surface area contributed by atoms with Crippen molar-refractivity contribution in [3.63, 3.8) is 0 Å². The molecule has 11 heteroatoms. The number of carbonyl (C=O) groups is 4. The van der Waals surface area contributed by atoms with E-state index in [2.05, 4.69) is 16.0 Å². The summed E-state index contributed by atoms with van der Waals surface area (Å²) in [5.74, 6) is -0.541. The molecule has 3 aromatic rings. The van der Waals surface area contributed by atoms with E-state index in [-0.39, 0.29) is 49.6 Å². The Hall–Kier alpha value is -4.74. The largest absolute Gasteiger partial charge is 0.497 e. The first-order valence-electron chi connectivity index (χ1n) is 17.8. The molecule has 0 bridgehead atoms. The molecule has 11 nitrogen and oxygen atoms in total. The number of morpholine rings is 1. The van der Waals surface area contributed by atoms with Crippen molar-refractivity contribution in [1.82, 2.24) is 20.9 Å². The van der Waals surface area contributed by atoms with E-state index in [9.17, 15) is 19.2 Å². The smallest absolute Gasteiger partial charge is 0.328 e. The quantitative estimate of drug-likeness (QED) is 0.157. The minimum atomic E-state index is -0.815. The van der Waals surface area contributed by atoms with Gasteiger partial charge in [-0.2, -0.15) is 0 Å². The maximum atomic E-state index is 13.9. The van der Waals surface area contributed by atoms with E-state index in [4.69, 9.17) is 14.2 Å². The predicted octanol–water partition coefficient (Wildman–Crippen LogP) is 4.36. The molecule has 0 radical (unpaired) electrons. The fourth-order valence-corrected chi connectivity index (χ4v) is 5.91. The van der Waals surface area contributed by atoms with Gasteiger partial charge in [-0.15, -0.1) is 0 Å². The van der Waals surface area contributed by atoms with Crippen LogP contribution in [0.15, 0.2) is 84.9 Å². The van der Waals surface area contributed by atoms with Gasteiger partial charge in [-0.1, -0.05) is 86.6 Å². The first-order chi connectivity index (χ1) is 24.7. The highest BCUT2D eigenvalue weighted by atomic mass is 16.5. The highest BCUT2D eigenvalue weighted by Crippen LogP contribution is 2.20. The number of esters is 1. The molecule has 1 aliphatic heterocycles. The van der Waals surface area contributed by atoms with Crippen molar-refractivity contribution in [3.05, 3.63) is 102 Å². The molecule has 51 heavy (non-hydrogen) atoms. The predicted molar refractivity (Wildman–Crippen MR) is 195 cm³/mol. The molecule has 3 aromatic carbocycles. The van der Waals surface area contributed by atoms with Gasteiger partial charge >= 0.3 is 5.97 Å². The van der Waals surface area contributed by atoms with Crippen LogP contribution in [0.2, 0.25) is 0 Å². The van der Waals surface area contributed by atoms with Crippen molar-refractivity contribution >= 4 is 23.7 Å². The molecule has 1 unspecified atom stereocenters. The number of amides is 3. The lowest BCUT2D eigenvalue weighted by Gasteiger charge is -2.28. The van der Waals surface area contributed by atoms with Gasteiger partial charge in [0.05, 0.1) is 32.9 Å². The normalized spacial score (nSPS) is 14.9. The molecule has 3 N–H and O–H groups in total. The molecule has 1 heterocycles. The van der Waals surface area contributed by atoms with E-state index in [1.807, 2.05) is 91.5 Å². The summed E-state index contributed by atoms with van der Waals surface area (Å²) in [6.45, 7) is 6.66. The number of hydrogen-bond donors (Lipinski definition) is 3. The third-order valence-corrected chi connectivity index (χ3v) is 8.73. The van der Waals surface area contributed by atoms with Crippen LogP contribution < -0.4 is 20.7 Å². The number of benzene rings is 3. The van der Waals surface area contributed by atoms with Gasteiger partial charge in [0, 0.05) is 19.5 Å². The summed E-state index contributed by atoms with van der Waals surface area (Å²) in [5.41, 5.74) is 2.70. The molecule has 3 amide bonds. The average molecular weight is 701 g/mol. The molecular weight excluding hydrogens is 648 g/mol. The van der Waals surface area contributed by atoms with Gasteiger partial charge in [-0.25, -0.2) is 4.79 Å². The van der Waals surface area contributed by atoms with Gasteiger partial charge in [0.15, 0.2) is 0 Å². The standard InChI is InChI=1S/C40H52N4O7/c1-29(2)26-36(40(48)51-28-31-14-17-33(49-3)18-15-31)42-37(45)21-20-34(32-12-8-5-9-13-32)43-39(47)35(19-16-30-10-6-4-7-11-30)41-38(46)27-44-22-24-50-25-23-44/h4-15,17-18,29,34-36H,16,19-28H2,1-3H3,(H,41,46)(H,42,45)(H,43,47)/t34?,35-,36-/m0/s1. The van der Waals surface area contributed by atoms with Crippen LogP contribution in [-0.4, -0.2) is 80.6 Å². The van der Waals surface area contributed by atoms with Crippen LogP contribution in [0.4, 0.5) is 0 Å². The third-order valence-electron chi connectivity index (χ3n) is 8.73. The Morgan fingerprint density at radius 1 is 0.765 bits per heavy atom. The van der Waals surface area contributed by atoms with Crippen molar-refractivity contribution in [3.8, 4) is 5.75 Å². The van der Waals surface area contributed by atoms with Crippen LogP contribution in [-0.2, 0) is 41.7 Å². The first kappa shape index (κ1) is 39.1. The Morgan fingerprint density at radius 3 is 2.06 bits per heavy atom. The molecule has 1 aliphatic rings. The first-order valence-corrected chi connectivity index (χ1v) is 17.8. The maximum absolute atomic E-state index is 13.9. The van der Waals surface area contributed by atoms with E-state index in [1.54, 1.807) is 19.2 Å². The second-order valence-corrected chi connectivity index (χ2v) is 13.2. The van der Waals surface area contributed by atoms with Crippen molar-refractivity contribution in [2.75, 3.05) is 40.0 Å². The van der Waals surface area contributed by atoms with E-state index in [0.717, 1.165) is 16.7 Å². The fourth-order valence-electron chi connectivity index (χ4n) is 5.91. The Bertz CT molecular complexity index is 1510. The zero-order valence-electron chi connectivity index (χ0n) is 30.0.